The lowest BCUT2D eigenvalue weighted by molar-refractivity contribution is -0.130. The second-order valence-corrected chi connectivity index (χ2v) is 5.28. The van der Waals surface area contributed by atoms with Gasteiger partial charge in [-0.15, -0.1) is 0 Å². The Kier molecular flexibility index (Phi) is 2.47. The number of anilines is 1. The monoisotopic (exact) mass is 274 g/mol. The Morgan fingerprint density at radius 2 is 2.15 bits per heavy atom. The van der Waals surface area contributed by atoms with Crippen LogP contribution in [0.5, 0.6) is 0 Å². The maximum atomic E-state index is 12.1. The molecular weight excluding hydrogens is 260 g/mol. The second-order valence-electron chi connectivity index (χ2n) is 5.28. The molecule has 0 spiro atoms. The van der Waals surface area contributed by atoms with Crippen molar-refractivity contribution in [3.05, 3.63) is 24.1 Å². The molecule has 2 aromatic rings. The predicted molar refractivity (Wildman–Crippen MR) is 71.6 cm³/mol. The van der Waals surface area contributed by atoms with Gasteiger partial charge in [-0.1, -0.05) is 0 Å². The van der Waals surface area contributed by atoms with E-state index in [9.17, 15) is 9.59 Å². The lowest BCUT2D eigenvalue weighted by atomic mass is 10.1. The average molecular weight is 274 g/mol. The lowest BCUT2D eigenvalue weighted by Crippen LogP contribution is -2.40. The summed E-state index contributed by atoms with van der Waals surface area (Å²) in [4.78, 5) is 29.2. The SMILES string of the molecule is CC1(C)NC(=O)N(Cc2nc3ccc(N)cc3o2)C1=O. The van der Waals surface area contributed by atoms with Gasteiger partial charge in [0.15, 0.2) is 5.58 Å². The van der Waals surface area contributed by atoms with E-state index in [0.29, 0.717) is 22.7 Å². The van der Waals surface area contributed by atoms with Crippen LogP contribution in [0.3, 0.4) is 0 Å². The molecule has 3 N–H and O–H groups in total. The van der Waals surface area contributed by atoms with Crippen LogP contribution >= 0.6 is 0 Å². The first-order valence-electron chi connectivity index (χ1n) is 6.16. The first-order valence-corrected chi connectivity index (χ1v) is 6.16. The number of benzene rings is 1. The van der Waals surface area contributed by atoms with Crippen LogP contribution in [0.15, 0.2) is 22.6 Å². The molecule has 7 heteroatoms. The van der Waals surface area contributed by atoms with E-state index >= 15 is 0 Å². The minimum atomic E-state index is -0.895. The fraction of sp³-hybridized carbons (Fsp3) is 0.308. The van der Waals surface area contributed by atoms with Crippen LogP contribution < -0.4 is 11.1 Å². The molecule has 1 aliphatic heterocycles. The third kappa shape index (κ3) is 1.87. The van der Waals surface area contributed by atoms with Crippen molar-refractivity contribution in [2.75, 3.05) is 5.73 Å². The van der Waals surface area contributed by atoms with E-state index in [4.69, 9.17) is 10.2 Å². The summed E-state index contributed by atoms with van der Waals surface area (Å²) >= 11 is 0. The highest BCUT2D eigenvalue weighted by Crippen LogP contribution is 2.22. The van der Waals surface area contributed by atoms with Crippen molar-refractivity contribution in [1.29, 1.82) is 0 Å². The highest BCUT2D eigenvalue weighted by Gasteiger charge is 2.44. The first-order chi connectivity index (χ1) is 9.37. The number of fused-ring (bicyclic) bond motifs is 1. The van der Waals surface area contributed by atoms with Crippen LogP contribution in [0.25, 0.3) is 11.1 Å². The van der Waals surface area contributed by atoms with Crippen LogP contribution in [0.1, 0.15) is 19.7 Å². The van der Waals surface area contributed by atoms with Crippen molar-refractivity contribution >= 4 is 28.7 Å². The van der Waals surface area contributed by atoms with Crippen molar-refractivity contribution in [3.8, 4) is 0 Å². The minimum absolute atomic E-state index is 0.00266. The maximum Gasteiger partial charge on any atom is 0.325 e. The van der Waals surface area contributed by atoms with Gasteiger partial charge in [-0.3, -0.25) is 9.69 Å². The summed E-state index contributed by atoms with van der Waals surface area (Å²) in [6.45, 7) is 3.31. The molecule has 0 radical (unpaired) electrons. The zero-order chi connectivity index (χ0) is 14.5. The number of aromatic nitrogens is 1. The molecule has 7 nitrogen and oxygen atoms in total. The van der Waals surface area contributed by atoms with E-state index in [0.717, 1.165) is 4.90 Å². The van der Waals surface area contributed by atoms with Gasteiger partial charge in [-0.25, -0.2) is 9.78 Å². The highest BCUT2D eigenvalue weighted by molar-refractivity contribution is 6.06. The summed E-state index contributed by atoms with van der Waals surface area (Å²) in [5.74, 6) is -0.00364. The average Bonchev–Trinajstić information content (AvgIpc) is 2.83. The number of nitrogens with zero attached hydrogens (tertiary/aromatic N) is 2. The molecule has 1 saturated heterocycles. The number of carbonyl (C=O) groups excluding carboxylic acids is 2. The maximum absolute atomic E-state index is 12.1. The van der Waals surface area contributed by atoms with E-state index < -0.39 is 11.6 Å². The topological polar surface area (TPSA) is 101 Å². The fourth-order valence-corrected chi connectivity index (χ4v) is 2.15. The number of imide groups is 1. The van der Waals surface area contributed by atoms with Crippen molar-refractivity contribution in [3.63, 3.8) is 0 Å². The number of nitrogens with two attached hydrogens (primary N) is 1. The number of rotatable bonds is 2. The first kappa shape index (κ1) is 12.5. The van der Waals surface area contributed by atoms with Gasteiger partial charge >= 0.3 is 6.03 Å². The van der Waals surface area contributed by atoms with E-state index in [-0.39, 0.29) is 12.5 Å². The van der Waals surface area contributed by atoms with Crippen molar-refractivity contribution < 1.29 is 14.0 Å². The third-order valence-electron chi connectivity index (χ3n) is 3.19. The van der Waals surface area contributed by atoms with Crippen LogP contribution in [0, 0.1) is 0 Å². The van der Waals surface area contributed by atoms with Crippen LogP contribution in [-0.4, -0.2) is 27.4 Å². The minimum Gasteiger partial charge on any atom is -0.439 e. The normalized spacial score (nSPS) is 17.8. The summed E-state index contributed by atoms with van der Waals surface area (Å²) in [7, 11) is 0. The van der Waals surface area contributed by atoms with Crippen LogP contribution in [0.4, 0.5) is 10.5 Å². The number of hydrogen-bond acceptors (Lipinski definition) is 5. The molecule has 2 heterocycles. The molecule has 3 rings (SSSR count). The van der Waals surface area contributed by atoms with Gasteiger partial charge in [0.2, 0.25) is 5.89 Å². The van der Waals surface area contributed by atoms with Gasteiger partial charge in [0.25, 0.3) is 5.91 Å². The molecule has 0 atom stereocenters. The summed E-state index contributed by atoms with van der Waals surface area (Å²) in [6, 6.07) is 4.65. The Morgan fingerprint density at radius 3 is 2.80 bits per heavy atom. The Bertz CT molecular complexity index is 719. The van der Waals surface area contributed by atoms with Crippen LogP contribution in [0.2, 0.25) is 0 Å². The summed E-state index contributed by atoms with van der Waals surface area (Å²) in [6.07, 6.45) is 0. The zero-order valence-corrected chi connectivity index (χ0v) is 11.1. The standard InChI is InChI=1S/C13H14N4O3/c1-13(2)11(18)17(12(19)16-13)6-10-15-8-4-3-7(14)5-9(8)20-10/h3-5H,6,14H2,1-2H3,(H,16,19). The van der Waals surface area contributed by atoms with Crippen molar-refractivity contribution in [1.82, 2.24) is 15.2 Å². The van der Waals surface area contributed by atoms with Gasteiger partial charge in [0.05, 0.1) is 0 Å². The number of amides is 3. The quantitative estimate of drug-likeness (QED) is 0.633. The van der Waals surface area contributed by atoms with Gasteiger partial charge in [-0.05, 0) is 26.0 Å². The lowest BCUT2D eigenvalue weighted by Gasteiger charge is -2.14. The molecule has 0 bridgehead atoms. The Morgan fingerprint density at radius 1 is 1.40 bits per heavy atom. The molecular formula is C13H14N4O3. The molecule has 0 aliphatic carbocycles. The molecule has 104 valence electrons. The third-order valence-corrected chi connectivity index (χ3v) is 3.19. The Balaban J connectivity index is 1.90. The van der Waals surface area contributed by atoms with Gasteiger partial charge in [-0.2, -0.15) is 0 Å². The van der Waals surface area contributed by atoms with Gasteiger partial charge in [0, 0.05) is 11.8 Å². The molecule has 20 heavy (non-hydrogen) atoms. The van der Waals surface area contributed by atoms with E-state index in [1.54, 1.807) is 32.0 Å². The number of hydrogen-bond donors (Lipinski definition) is 2. The van der Waals surface area contributed by atoms with Crippen molar-refractivity contribution in [2.45, 2.75) is 25.9 Å². The largest absolute Gasteiger partial charge is 0.439 e. The zero-order valence-electron chi connectivity index (χ0n) is 11.1. The molecule has 1 aromatic heterocycles. The number of nitrogens with one attached hydrogen (secondary N) is 1. The summed E-state index contributed by atoms with van der Waals surface area (Å²) < 4.78 is 5.51. The fourth-order valence-electron chi connectivity index (χ4n) is 2.15. The Labute approximate surface area is 114 Å². The predicted octanol–water partition coefficient (Wildman–Crippen LogP) is 1.24. The highest BCUT2D eigenvalue weighted by atomic mass is 16.3. The van der Waals surface area contributed by atoms with Crippen LogP contribution in [-0.2, 0) is 11.3 Å². The number of urea groups is 1. The van der Waals surface area contributed by atoms with Crippen molar-refractivity contribution in [2.24, 2.45) is 0 Å². The van der Waals surface area contributed by atoms with Gasteiger partial charge < -0.3 is 15.5 Å². The number of carbonyl (C=O) groups is 2. The smallest absolute Gasteiger partial charge is 0.325 e. The molecule has 3 amide bonds. The Hall–Kier alpha value is -2.57. The second kappa shape index (κ2) is 3.96. The molecule has 1 fully saturated rings. The number of nitrogen functional groups attached to an aromatic ring is 1. The molecule has 0 saturated carbocycles. The van der Waals surface area contributed by atoms with E-state index in [2.05, 4.69) is 10.3 Å². The summed E-state index contributed by atoms with van der Waals surface area (Å²) in [5, 5.41) is 2.60. The van der Waals surface area contributed by atoms with E-state index in [1.165, 1.54) is 0 Å². The summed E-state index contributed by atoms with van der Waals surface area (Å²) in [5.41, 5.74) is 6.50. The molecule has 0 unspecified atom stereocenters. The number of oxazole rings is 1. The molecule has 1 aromatic carbocycles. The molecule has 1 aliphatic rings. The van der Waals surface area contributed by atoms with E-state index in [1.807, 2.05) is 0 Å². The van der Waals surface area contributed by atoms with Gasteiger partial charge in [0.1, 0.15) is 17.6 Å².